The van der Waals surface area contributed by atoms with Crippen LogP contribution >= 0.6 is 36.2 Å². The first-order valence-electron chi connectivity index (χ1n) is 6.91. The molecular formula is C15H18Cl2FN3OS. The molecule has 1 aliphatic rings. The fraction of sp³-hybridized carbons (Fsp3) is 0.333. The van der Waals surface area contributed by atoms with E-state index in [1.165, 1.54) is 23.5 Å². The zero-order valence-corrected chi connectivity index (χ0v) is 14.7. The summed E-state index contributed by atoms with van der Waals surface area (Å²) in [5.41, 5.74) is 1.47. The highest BCUT2D eigenvalue weighted by atomic mass is 35.5. The van der Waals surface area contributed by atoms with E-state index in [0.717, 1.165) is 35.8 Å². The Bertz CT molecular complexity index is 647. The smallest absolute Gasteiger partial charge is 0.226 e. The molecule has 0 radical (unpaired) electrons. The second-order valence-corrected chi connectivity index (χ2v) is 5.95. The van der Waals surface area contributed by atoms with Gasteiger partial charge < -0.3 is 10.6 Å². The van der Waals surface area contributed by atoms with Crippen LogP contribution in [0.4, 0.5) is 4.39 Å². The number of aromatic nitrogens is 1. The van der Waals surface area contributed by atoms with Gasteiger partial charge in [-0.05, 0) is 25.1 Å². The first kappa shape index (κ1) is 19.8. The minimum absolute atomic E-state index is 0. The van der Waals surface area contributed by atoms with Crippen molar-refractivity contribution in [2.24, 2.45) is 0 Å². The lowest BCUT2D eigenvalue weighted by Crippen LogP contribution is -2.37. The van der Waals surface area contributed by atoms with E-state index in [-0.39, 0.29) is 49.0 Å². The van der Waals surface area contributed by atoms with Crippen LogP contribution < -0.4 is 10.6 Å². The fourth-order valence-electron chi connectivity index (χ4n) is 2.36. The van der Waals surface area contributed by atoms with Gasteiger partial charge in [0, 0.05) is 23.5 Å². The molecule has 2 heterocycles. The summed E-state index contributed by atoms with van der Waals surface area (Å²) in [7, 11) is 0. The molecule has 0 aliphatic carbocycles. The van der Waals surface area contributed by atoms with Gasteiger partial charge in [-0.3, -0.25) is 4.79 Å². The zero-order chi connectivity index (χ0) is 14.7. The molecule has 4 nitrogen and oxygen atoms in total. The average Bonchev–Trinajstić information content (AvgIpc) is 3.10. The van der Waals surface area contributed by atoms with Crippen LogP contribution in [0.25, 0.3) is 10.6 Å². The van der Waals surface area contributed by atoms with E-state index in [2.05, 4.69) is 15.6 Å². The van der Waals surface area contributed by atoms with E-state index < -0.39 is 0 Å². The predicted octanol–water partition coefficient (Wildman–Crippen LogP) is 2.81. The second-order valence-electron chi connectivity index (χ2n) is 5.09. The van der Waals surface area contributed by atoms with Gasteiger partial charge in [0.15, 0.2) is 0 Å². The number of hydrogen-bond acceptors (Lipinski definition) is 4. The first-order chi connectivity index (χ1) is 10.2. The van der Waals surface area contributed by atoms with Gasteiger partial charge >= 0.3 is 0 Å². The number of rotatable bonds is 4. The van der Waals surface area contributed by atoms with E-state index in [4.69, 9.17) is 0 Å². The Kier molecular flexibility index (Phi) is 7.91. The van der Waals surface area contributed by atoms with E-state index in [1.54, 1.807) is 6.07 Å². The van der Waals surface area contributed by atoms with Gasteiger partial charge in [-0.25, -0.2) is 9.37 Å². The molecule has 3 rings (SSSR count). The van der Waals surface area contributed by atoms with Crippen molar-refractivity contribution in [3.8, 4) is 10.6 Å². The fourth-order valence-corrected chi connectivity index (χ4v) is 3.18. The van der Waals surface area contributed by atoms with Gasteiger partial charge in [-0.2, -0.15) is 0 Å². The molecule has 1 saturated heterocycles. The minimum Gasteiger partial charge on any atom is -0.352 e. The quantitative estimate of drug-likeness (QED) is 0.861. The Labute approximate surface area is 150 Å². The molecular weight excluding hydrogens is 360 g/mol. The van der Waals surface area contributed by atoms with Crippen molar-refractivity contribution in [2.75, 3.05) is 13.1 Å². The lowest BCUT2D eigenvalue weighted by Gasteiger charge is -2.10. The number of halogens is 3. The number of nitrogens with one attached hydrogen (secondary N) is 2. The van der Waals surface area contributed by atoms with Crippen molar-refractivity contribution in [1.29, 1.82) is 0 Å². The summed E-state index contributed by atoms with van der Waals surface area (Å²) in [6.07, 6.45) is 1.24. The van der Waals surface area contributed by atoms with Crippen molar-refractivity contribution in [3.63, 3.8) is 0 Å². The lowest BCUT2D eigenvalue weighted by molar-refractivity contribution is -0.121. The number of hydrogen-bond donors (Lipinski definition) is 2. The SMILES string of the molecule is Cl.Cl.O=C(Cc1csc(-c2cccc(F)c2)n1)NC1CCNC1. The number of amides is 1. The molecule has 126 valence electrons. The van der Waals surface area contributed by atoms with Crippen LogP contribution in [0.1, 0.15) is 12.1 Å². The van der Waals surface area contributed by atoms with E-state index in [0.29, 0.717) is 0 Å². The van der Waals surface area contributed by atoms with Gasteiger partial charge in [0.1, 0.15) is 10.8 Å². The molecule has 1 fully saturated rings. The normalized spacial score (nSPS) is 16.3. The summed E-state index contributed by atoms with van der Waals surface area (Å²) in [6.45, 7) is 1.78. The molecule has 1 aromatic heterocycles. The van der Waals surface area contributed by atoms with Crippen molar-refractivity contribution < 1.29 is 9.18 Å². The summed E-state index contributed by atoms with van der Waals surface area (Å²) in [4.78, 5) is 16.3. The predicted molar refractivity (Wildman–Crippen MR) is 95.1 cm³/mol. The molecule has 23 heavy (non-hydrogen) atoms. The summed E-state index contributed by atoms with van der Waals surface area (Å²) in [5, 5.41) is 8.79. The van der Waals surface area contributed by atoms with E-state index in [1.807, 2.05) is 11.4 Å². The van der Waals surface area contributed by atoms with Crippen LogP contribution in [0.3, 0.4) is 0 Å². The van der Waals surface area contributed by atoms with Crippen LogP contribution in [-0.4, -0.2) is 30.0 Å². The van der Waals surface area contributed by atoms with Crippen LogP contribution in [0.2, 0.25) is 0 Å². The van der Waals surface area contributed by atoms with Crippen LogP contribution in [-0.2, 0) is 11.2 Å². The topological polar surface area (TPSA) is 54.0 Å². The molecule has 0 bridgehead atoms. The molecule has 1 unspecified atom stereocenters. The van der Waals surface area contributed by atoms with Crippen molar-refractivity contribution in [2.45, 2.75) is 18.9 Å². The molecule has 1 atom stereocenters. The monoisotopic (exact) mass is 377 g/mol. The van der Waals surface area contributed by atoms with Crippen LogP contribution in [0.5, 0.6) is 0 Å². The second kappa shape index (κ2) is 9.17. The molecule has 1 amide bonds. The summed E-state index contributed by atoms with van der Waals surface area (Å²) in [6, 6.07) is 6.55. The number of thiazole rings is 1. The maximum atomic E-state index is 13.2. The Morgan fingerprint density at radius 1 is 1.43 bits per heavy atom. The summed E-state index contributed by atoms with van der Waals surface area (Å²) < 4.78 is 13.2. The minimum atomic E-state index is -0.282. The Hall–Kier alpha value is -1.21. The number of benzene rings is 1. The highest BCUT2D eigenvalue weighted by Gasteiger charge is 2.17. The zero-order valence-electron chi connectivity index (χ0n) is 12.3. The van der Waals surface area contributed by atoms with Gasteiger partial charge in [0.05, 0.1) is 12.1 Å². The third kappa shape index (κ3) is 5.42. The third-order valence-corrected chi connectivity index (χ3v) is 4.33. The van der Waals surface area contributed by atoms with E-state index >= 15 is 0 Å². The number of nitrogens with zero attached hydrogens (tertiary/aromatic N) is 1. The molecule has 0 spiro atoms. The van der Waals surface area contributed by atoms with Crippen molar-refractivity contribution in [1.82, 2.24) is 15.6 Å². The van der Waals surface area contributed by atoms with Crippen LogP contribution in [0, 0.1) is 5.82 Å². The maximum Gasteiger partial charge on any atom is 0.226 e. The highest BCUT2D eigenvalue weighted by molar-refractivity contribution is 7.13. The Morgan fingerprint density at radius 3 is 2.96 bits per heavy atom. The molecule has 2 aromatic rings. The van der Waals surface area contributed by atoms with E-state index in [9.17, 15) is 9.18 Å². The van der Waals surface area contributed by atoms with Gasteiger partial charge in [0.25, 0.3) is 0 Å². The Balaban J connectivity index is 0.00000132. The first-order valence-corrected chi connectivity index (χ1v) is 7.79. The highest BCUT2D eigenvalue weighted by Crippen LogP contribution is 2.24. The maximum absolute atomic E-state index is 13.2. The lowest BCUT2D eigenvalue weighted by atomic mass is 10.2. The number of carbonyl (C=O) groups excluding carboxylic acids is 1. The molecule has 2 N–H and O–H groups in total. The van der Waals surface area contributed by atoms with Gasteiger partial charge in [0.2, 0.25) is 5.91 Å². The molecule has 8 heteroatoms. The summed E-state index contributed by atoms with van der Waals surface area (Å²) in [5.74, 6) is -0.296. The molecule has 1 aromatic carbocycles. The van der Waals surface area contributed by atoms with Gasteiger partial charge in [-0.15, -0.1) is 36.2 Å². The Morgan fingerprint density at radius 2 is 2.26 bits per heavy atom. The summed E-state index contributed by atoms with van der Waals surface area (Å²) >= 11 is 1.43. The van der Waals surface area contributed by atoms with Crippen LogP contribution in [0.15, 0.2) is 29.6 Å². The van der Waals surface area contributed by atoms with Crippen molar-refractivity contribution >= 4 is 42.1 Å². The standard InChI is InChI=1S/C15H16FN3OS.2ClH/c16-11-3-1-2-10(6-11)15-19-13(9-21-15)7-14(20)18-12-4-5-17-8-12;;/h1-3,6,9,12,17H,4-5,7-8H2,(H,18,20);2*1H. The van der Waals surface area contributed by atoms with Crippen molar-refractivity contribution in [3.05, 3.63) is 41.2 Å². The third-order valence-electron chi connectivity index (χ3n) is 3.39. The molecule has 0 saturated carbocycles. The average molecular weight is 378 g/mol. The van der Waals surface area contributed by atoms with Gasteiger partial charge in [-0.1, -0.05) is 12.1 Å². The number of carbonyl (C=O) groups is 1. The molecule has 1 aliphatic heterocycles. The largest absolute Gasteiger partial charge is 0.352 e.